The quantitative estimate of drug-likeness (QED) is 0.756. The lowest BCUT2D eigenvalue weighted by Crippen LogP contribution is -1.94. The molecule has 0 aliphatic rings. The van der Waals surface area contributed by atoms with E-state index in [1.165, 1.54) is 0 Å². The van der Waals surface area contributed by atoms with E-state index in [9.17, 15) is 0 Å². The highest BCUT2D eigenvalue weighted by atomic mass is 32.1. The minimum atomic E-state index is 0.838. The highest BCUT2D eigenvalue weighted by Crippen LogP contribution is 2.31. The third-order valence-corrected chi connectivity index (χ3v) is 3.64. The molecule has 0 spiro atoms. The van der Waals surface area contributed by atoms with E-state index in [4.69, 9.17) is 4.74 Å². The molecule has 0 radical (unpaired) electrons. The minimum absolute atomic E-state index is 0.838. The highest BCUT2D eigenvalue weighted by molar-refractivity contribution is 7.22. The number of rotatable bonds is 4. The van der Waals surface area contributed by atoms with Gasteiger partial charge in [-0.25, -0.2) is 4.98 Å². The molecule has 1 aromatic heterocycles. The number of para-hydroxylation sites is 1. The van der Waals surface area contributed by atoms with Crippen LogP contribution in [0.3, 0.4) is 0 Å². The van der Waals surface area contributed by atoms with Crippen LogP contribution in [0, 0.1) is 0 Å². The smallest absolute Gasteiger partial charge is 0.183 e. The number of ether oxygens (including phenoxy) is 1. The molecule has 3 nitrogen and oxygen atoms in total. The number of hydrogen-bond acceptors (Lipinski definition) is 4. The van der Waals surface area contributed by atoms with Crippen LogP contribution in [-0.4, -0.2) is 11.5 Å². The Hall–Kier alpha value is -2.07. The molecule has 3 aromatic rings. The largest absolute Gasteiger partial charge is 0.457 e. The average Bonchev–Trinajstić information content (AvgIpc) is 2.82. The van der Waals surface area contributed by atoms with Crippen LogP contribution in [0.15, 0.2) is 48.5 Å². The summed E-state index contributed by atoms with van der Waals surface area (Å²) in [7, 11) is 0. The van der Waals surface area contributed by atoms with Crippen LogP contribution in [0.4, 0.5) is 5.13 Å². The van der Waals surface area contributed by atoms with Gasteiger partial charge in [0.2, 0.25) is 0 Å². The van der Waals surface area contributed by atoms with Crippen molar-refractivity contribution in [3.05, 3.63) is 48.5 Å². The molecule has 1 N–H and O–H groups in total. The third kappa shape index (κ3) is 2.69. The monoisotopic (exact) mass is 270 g/mol. The first-order valence-electron chi connectivity index (χ1n) is 6.22. The predicted octanol–water partition coefficient (Wildman–Crippen LogP) is 4.52. The lowest BCUT2D eigenvalue weighted by atomic mass is 10.3. The Morgan fingerprint density at radius 3 is 2.74 bits per heavy atom. The molecular formula is C15H14N2OS. The van der Waals surface area contributed by atoms with Crippen molar-refractivity contribution in [1.29, 1.82) is 0 Å². The van der Waals surface area contributed by atoms with Gasteiger partial charge in [0.05, 0.1) is 10.2 Å². The molecule has 1 heterocycles. The number of aromatic nitrogens is 1. The number of hydrogen-bond donors (Lipinski definition) is 1. The highest BCUT2D eigenvalue weighted by Gasteiger charge is 2.05. The molecule has 0 unspecified atom stereocenters. The fraction of sp³-hybridized carbons (Fsp3) is 0.133. The van der Waals surface area contributed by atoms with Crippen LogP contribution in [-0.2, 0) is 0 Å². The van der Waals surface area contributed by atoms with Crippen LogP contribution >= 0.6 is 11.3 Å². The summed E-state index contributed by atoms with van der Waals surface area (Å²) in [5.41, 5.74) is 1.00. The average molecular weight is 270 g/mol. The summed E-state index contributed by atoms with van der Waals surface area (Å²) < 4.78 is 6.94. The van der Waals surface area contributed by atoms with Crippen molar-refractivity contribution < 1.29 is 4.74 Å². The first-order chi connectivity index (χ1) is 9.35. The maximum absolute atomic E-state index is 5.81. The van der Waals surface area contributed by atoms with Crippen molar-refractivity contribution in [2.24, 2.45) is 0 Å². The van der Waals surface area contributed by atoms with E-state index >= 15 is 0 Å². The van der Waals surface area contributed by atoms with E-state index in [0.717, 1.165) is 33.4 Å². The fourth-order valence-corrected chi connectivity index (χ4v) is 2.78. The van der Waals surface area contributed by atoms with Crippen molar-refractivity contribution in [2.45, 2.75) is 6.92 Å². The molecule has 0 atom stereocenters. The predicted molar refractivity (Wildman–Crippen MR) is 80.3 cm³/mol. The maximum Gasteiger partial charge on any atom is 0.183 e. The summed E-state index contributed by atoms with van der Waals surface area (Å²) in [6.07, 6.45) is 0. The van der Waals surface area contributed by atoms with E-state index in [1.54, 1.807) is 11.3 Å². The topological polar surface area (TPSA) is 34.2 Å². The second-order valence-electron chi connectivity index (χ2n) is 4.09. The summed E-state index contributed by atoms with van der Waals surface area (Å²) in [6.45, 7) is 2.95. The molecule has 96 valence electrons. The Morgan fingerprint density at radius 2 is 1.95 bits per heavy atom. The van der Waals surface area contributed by atoms with E-state index in [1.807, 2.05) is 48.5 Å². The lowest BCUT2D eigenvalue weighted by molar-refractivity contribution is 0.483. The number of nitrogens with zero attached hydrogens (tertiary/aromatic N) is 1. The van der Waals surface area contributed by atoms with Gasteiger partial charge in [-0.15, -0.1) is 0 Å². The minimum Gasteiger partial charge on any atom is -0.457 e. The zero-order chi connectivity index (χ0) is 13.1. The van der Waals surface area contributed by atoms with Crippen molar-refractivity contribution in [1.82, 2.24) is 4.98 Å². The number of fused-ring (bicyclic) bond motifs is 1. The summed E-state index contributed by atoms with van der Waals surface area (Å²) >= 11 is 1.64. The Balaban J connectivity index is 1.88. The van der Waals surface area contributed by atoms with Crippen LogP contribution < -0.4 is 10.1 Å². The van der Waals surface area contributed by atoms with Crippen LogP contribution in [0.25, 0.3) is 10.2 Å². The first-order valence-corrected chi connectivity index (χ1v) is 7.04. The molecule has 4 heteroatoms. The van der Waals surface area contributed by atoms with Crippen molar-refractivity contribution in [3.63, 3.8) is 0 Å². The SMILES string of the molecule is CCNc1nc2ccc(Oc3ccccc3)cc2s1. The number of nitrogens with one attached hydrogen (secondary N) is 1. The second kappa shape index (κ2) is 5.28. The summed E-state index contributed by atoms with van der Waals surface area (Å²) in [4.78, 5) is 4.50. The van der Waals surface area contributed by atoms with Crippen molar-refractivity contribution in [2.75, 3.05) is 11.9 Å². The maximum atomic E-state index is 5.81. The fourth-order valence-electron chi connectivity index (χ4n) is 1.82. The number of anilines is 1. The molecule has 19 heavy (non-hydrogen) atoms. The van der Waals surface area contributed by atoms with Gasteiger partial charge in [-0.05, 0) is 31.2 Å². The molecule has 0 aliphatic carbocycles. The number of benzene rings is 2. The van der Waals surface area contributed by atoms with E-state index in [-0.39, 0.29) is 0 Å². The summed E-state index contributed by atoms with van der Waals surface area (Å²) in [5, 5.41) is 4.19. The second-order valence-corrected chi connectivity index (χ2v) is 5.12. The van der Waals surface area contributed by atoms with Gasteiger partial charge in [0.1, 0.15) is 11.5 Å². The molecular weight excluding hydrogens is 256 g/mol. The van der Waals surface area contributed by atoms with Crippen LogP contribution in [0.1, 0.15) is 6.92 Å². The standard InChI is InChI=1S/C15H14N2OS/c1-2-16-15-17-13-9-8-12(10-14(13)19-15)18-11-6-4-3-5-7-11/h3-10H,2H2,1H3,(H,16,17). The van der Waals surface area contributed by atoms with Crippen molar-refractivity contribution in [3.8, 4) is 11.5 Å². The number of thiazole rings is 1. The van der Waals surface area contributed by atoms with Gasteiger partial charge in [-0.1, -0.05) is 29.5 Å². The normalized spacial score (nSPS) is 10.6. The Morgan fingerprint density at radius 1 is 1.11 bits per heavy atom. The van der Waals surface area contributed by atoms with Gasteiger partial charge < -0.3 is 10.1 Å². The molecule has 0 saturated carbocycles. The summed E-state index contributed by atoms with van der Waals surface area (Å²) in [6, 6.07) is 15.8. The Bertz CT molecular complexity index is 679. The lowest BCUT2D eigenvalue weighted by Gasteiger charge is -2.04. The van der Waals surface area contributed by atoms with Gasteiger partial charge in [-0.2, -0.15) is 0 Å². The molecule has 0 fully saturated rings. The molecule has 0 saturated heterocycles. The van der Waals surface area contributed by atoms with Crippen LogP contribution in [0.5, 0.6) is 11.5 Å². The zero-order valence-corrected chi connectivity index (χ0v) is 11.4. The van der Waals surface area contributed by atoms with Crippen molar-refractivity contribution >= 4 is 26.7 Å². The molecule has 0 bridgehead atoms. The molecule has 3 rings (SSSR count). The van der Waals surface area contributed by atoms with Gasteiger partial charge >= 0.3 is 0 Å². The molecule has 0 amide bonds. The Kier molecular flexibility index (Phi) is 3.33. The summed E-state index contributed by atoms with van der Waals surface area (Å²) in [5.74, 6) is 1.68. The van der Waals surface area contributed by atoms with E-state index < -0.39 is 0 Å². The Labute approximate surface area is 115 Å². The third-order valence-electron chi connectivity index (χ3n) is 2.67. The van der Waals surface area contributed by atoms with E-state index in [2.05, 4.69) is 17.2 Å². The molecule has 0 aliphatic heterocycles. The zero-order valence-electron chi connectivity index (χ0n) is 10.6. The van der Waals surface area contributed by atoms with Gasteiger partial charge in [0.15, 0.2) is 5.13 Å². The molecule has 2 aromatic carbocycles. The van der Waals surface area contributed by atoms with Gasteiger partial charge in [-0.3, -0.25) is 0 Å². The van der Waals surface area contributed by atoms with Crippen LogP contribution in [0.2, 0.25) is 0 Å². The first kappa shape index (κ1) is 12.0. The van der Waals surface area contributed by atoms with E-state index in [0.29, 0.717) is 0 Å². The van der Waals surface area contributed by atoms with Gasteiger partial charge in [0.25, 0.3) is 0 Å². The van der Waals surface area contributed by atoms with Gasteiger partial charge in [0, 0.05) is 12.6 Å².